The number of rotatable bonds is 1. The van der Waals surface area contributed by atoms with Gasteiger partial charge in [0.15, 0.2) is 0 Å². The molecule has 4 nitrogen and oxygen atoms in total. The summed E-state index contributed by atoms with van der Waals surface area (Å²) in [7, 11) is 0. The van der Waals surface area contributed by atoms with Crippen molar-refractivity contribution in [2.75, 3.05) is 0 Å². The number of pyridine rings is 2. The Balaban J connectivity index is 2.34. The molecule has 0 bridgehead atoms. The summed E-state index contributed by atoms with van der Waals surface area (Å²) in [6.07, 6.45) is 3.41. The molecule has 0 amide bonds. The zero-order chi connectivity index (χ0) is 11.0. The molecule has 3 heterocycles. The summed E-state index contributed by atoms with van der Waals surface area (Å²) >= 11 is -0.0952. The van der Waals surface area contributed by atoms with E-state index < -0.39 is 0 Å². The topological polar surface area (TPSA) is 47.8 Å². The van der Waals surface area contributed by atoms with Crippen molar-refractivity contribution in [3.63, 3.8) is 0 Å². The van der Waals surface area contributed by atoms with Gasteiger partial charge in [-0.2, -0.15) is 0 Å². The maximum atomic E-state index is 12.1. The molecule has 5 heteroatoms. The maximum absolute atomic E-state index is 12.1. The molecule has 0 aliphatic heterocycles. The first kappa shape index (κ1) is 9.51. The van der Waals surface area contributed by atoms with Crippen LogP contribution in [0, 0.1) is 0 Å². The van der Waals surface area contributed by atoms with Gasteiger partial charge in [0.1, 0.15) is 0 Å². The van der Waals surface area contributed by atoms with Crippen LogP contribution in [0.3, 0.4) is 0 Å². The van der Waals surface area contributed by atoms with Crippen LogP contribution in [0.25, 0.3) is 15.6 Å². The van der Waals surface area contributed by atoms with Crippen LogP contribution in [0.5, 0.6) is 0 Å². The van der Waals surface area contributed by atoms with E-state index in [9.17, 15) is 4.79 Å². The third-order valence-corrected chi connectivity index (χ3v) is 4.39. The standard InChI is InChI=1S/C11H7N3OSe/c15-11-8-4-3-7-13-10(8)16-14(11)9-5-1-2-6-12-9/h1-7H. The van der Waals surface area contributed by atoms with Crippen LogP contribution < -0.4 is 5.56 Å². The normalized spacial score (nSPS) is 10.8. The van der Waals surface area contributed by atoms with E-state index in [1.165, 1.54) is 0 Å². The van der Waals surface area contributed by atoms with Crippen LogP contribution in [0.1, 0.15) is 0 Å². The fraction of sp³-hybridized carbons (Fsp3) is 0. The van der Waals surface area contributed by atoms with Crippen LogP contribution in [0.15, 0.2) is 47.5 Å². The molecule has 0 atom stereocenters. The Labute approximate surface area is 97.2 Å². The Hall–Kier alpha value is -1.71. The van der Waals surface area contributed by atoms with Crippen LogP contribution in [-0.2, 0) is 0 Å². The molecule has 0 saturated heterocycles. The first-order chi connectivity index (χ1) is 7.86. The Morgan fingerprint density at radius 2 is 1.94 bits per heavy atom. The van der Waals surface area contributed by atoms with E-state index in [4.69, 9.17) is 0 Å². The molecule has 0 radical (unpaired) electrons. The zero-order valence-corrected chi connectivity index (χ0v) is 9.91. The number of nitrogens with zero attached hydrogens (tertiary/aromatic N) is 3. The van der Waals surface area contributed by atoms with Crippen LogP contribution in [0.2, 0.25) is 0 Å². The van der Waals surface area contributed by atoms with Gasteiger partial charge in [-0.15, -0.1) is 0 Å². The van der Waals surface area contributed by atoms with Crippen molar-refractivity contribution in [2.45, 2.75) is 0 Å². The molecular weight excluding hydrogens is 269 g/mol. The number of hydrogen-bond donors (Lipinski definition) is 0. The van der Waals surface area contributed by atoms with E-state index in [1.807, 2.05) is 24.3 Å². The van der Waals surface area contributed by atoms with Crippen molar-refractivity contribution < 1.29 is 0 Å². The van der Waals surface area contributed by atoms with Crippen molar-refractivity contribution in [3.8, 4) is 5.82 Å². The SMILES string of the molecule is O=c1c2cccnc2[se]n1-c1ccccn1. The molecule has 0 spiro atoms. The summed E-state index contributed by atoms with van der Waals surface area (Å²) in [6.45, 7) is 0. The van der Waals surface area contributed by atoms with Crippen molar-refractivity contribution in [2.24, 2.45) is 0 Å². The molecule has 0 aliphatic rings. The molecule has 16 heavy (non-hydrogen) atoms. The van der Waals surface area contributed by atoms with Crippen molar-refractivity contribution in [1.29, 1.82) is 0 Å². The van der Waals surface area contributed by atoms with Gasteiger partial charge in [-0.1, -0.05) is 0 Å². The summed E-state index contributed by atoms with van der Waals surface area (Å²) in [6, 6.07) is 9.15. The van der Waals surface area contributed by atoms with E-state index in [1.54, 1.807) is 22.0 Å². The van der Waals surface area contributed by atoms with Gasteiger partial charge >= 0.3 is 96.9 Å². The first-order valence-electron chi connectivity index (χ1n) is 4.75. The fourth-order valence-electron chi connectivity index (χ4n) is 1.49. The van der Waals surface area contributed by atoms with E-state index in [0.29, 0.717) is 11.2 Å². The molecule has 0 unspecified atom stereocenters. The summed E-state index contributed by atoms with van der Waals surface area (Å²) in [4.78, 5) is 20.5. The van der Waals surface area contributed by atoms with Crippen LogP contribution >= 0.6 is 0 Å². The van der Waals surface area contributed by atoms with Crippen molar-refractivity contribution in [1.82, 2.24) is 13.5 Å². The zero-order valence-electron chi connectivity index (χ0n) is 8.20. The minimum absolute atomic E-state index is 0.00167. The van der Waals surface area contributed by atoms with Crippen LogP contribution in [-0.4, -0.2) is 28.3 Å². The molecule has 3 aromatic heterocycles. The van der Waals surface area contributed by atoms with E-state index in [0.717, 1.165) is 4.39 Å². The summed E-state index contributed by atoms with van der Waals surface area (Å²) in [5.74, 6) is 0.700. The second kappa shape index (κ2) is 3.70. The van der Waals surface area contributed by atoms with Gasteiger partial charge in [0.25, 0.3) is 0 Å². The summed E-state index contributed by atoms with van der Waals surface area (Å²) in [5.41, 5.74) is 0.00167. The van der Waals surface area contributed by atoms with Gasteiger partial charge in [-0.05, 0) is 0 Å². The molecule has 0 fully saturated rings. The predicted octanol–water partition coefficient (Wildman–Crippen LogP) is 0.838. The van der Waals surface area contributed by atoms with Gasteiger partial charge in [-0.25, -0.2) is 0 Å². The van der Waals surface area contributed by atoms with Gasteiger partial charge in [0.2, 0.25) is 0 Å². The van der Waals surface area contributed by atoms with E-state index in [-0.39, 0.29) is 20.3 Å². The van der Waals surface area contributed by atoms with Gasteiger partial charge in [-0.3, -0.25) is 0 Å². The van der Waals surface area contributed by atoms with Gasteiger partial charge in [0, 0.05) is 0 Å². The van der Waals surface area contributed by atoms with E-state index in [2.05, 4.69) is 9.97 Å². The second-order valence-electron chi connectivity index (χ2n) is 3.23. The third-order valence-electron chi connectivity index (χ3n) is 2.22. The first-order valence-corrected chi connectivity index (χ1v) is 6.37. The third kappa shape index (κ3) is 1.41. The Morgan fingerprint density at radius 3 is 2.69 bits per heavy atom. The second-order valence-corrected chi connectivity index (χ2v) is 5.20. The fourth-order valence-corrected chi connectivity index (χ4v) is 3.41. The molecule has 78 valence electrons. The molecule has 3 aromatic rings. The van der Waals surface area contributed by atoms with Gasteiger partial charge in [0.05, 0.1) is 0 Å². The minimum atomic E-state index is -0.0952. The molecule has 3 rings (SSSR count). The Kier molecular flexibility index (Phi) is 2.20. The molecular formula is C11H7N3OSe. The summed E-state index contributed by atoms with van der Waals surface area (Å²) < 4.78 is 2.58. The average Bonchev–Trinajstić information content (AvgIpc) is 2.69. The molecule has 0 aliphatic carbocycles. The molecule has 0 N–H and O–H groups in total. The Bertz CT molecular complexity index is 687. The van der Waals surface area contributed by atoms with Gasteiger partial charge < -0.3 is 0 Å². The number of aromatic nitrogens is 3. The Morgan fingerprint density at radius 1 is 1.06 bits per heavy atom. The molecule has 0 saturated carbocycles. The van der Waals surface area contributed by atoms with Crippen molar-refractivity contribution in [3.05, 3.63) is 53.1 Å². The quantitative estimate of drug-likeness (QED) is 0.619. The van der Waals surface area contributed by atoms with Crippen molar-refractivity contribution >= 4 is 24.5 Å². The number of hydrogen-bond acceptors (Lipinski definition) is 3. The predicted molar refractivity (Wildman–Crippen MR) is 62.1 cm³/mol. The summed E-state index contributed by atoms with van der Waals surface area (Å²) in [5, 5.41) is 0.702. The molecule has 0 aromatic carbocycles. The van der Waals surface area contributed by atoms with Crippen LogP contribution in [0.4, 0.5) is 0 Å². The van der Waals surface area contributed by atoms with E-state index >= 15 is 0 Å². The monoisotopic (exact) mass is 277 g/mol. The number of fused-ring (bicyclic) bond motifs is 1. The average molecular weight is 276 g/mol.